The predicted octanol–water partition coefficient (Wildman–Crippen LogP) is 14.7. The summed E-state index contributed by atoms with van der Waals surface area (Å²) in [5, 5.41) is 13.9. The third-order valence-corrected chi connectivity index (χ3v) is 11.9. The van der Waals surface area contributed by atoms with Crippen LogP contribution in [0.25, 0.3) is 76.5 Å². The van der Waals surface area contributed by atoms with Gasteiger partial charge in [0.25, 0.3) is 0 Å². The third kappa shape index (κ3) is 4.96. The Balaban J connectivity index is 1.13. The quantitative estimate of drug-likeness (QED) is 0.179. The standard InChI is InChI=1S/C54H38N2/c1-54(55-50-27-11-12-28-51(50)56(54)41-19-3-2-4-20-41)40-32-29-36(30-33-40)39-31-34-48-49(35-39)53(45-26-14-18-38-16-6-8-22-43(38)45)47-24-10-9-23-46(47)52(48)44-25-13-17-37-15-5-7-21-42(37)44/h2-35,55H,1H3. The second kappa shape index (κ2) is 12.7. The molecule has 1 unspecified atom stereocenters. The van der Waals surface area contributed by atoms with Gasteiger partial charge in [-0.3, -0.25) is 0 Å². The molecule has 56 heavy (non-hydrogen) atoms. The van der Waals surface area contributed by atoms with Gasteiger partial charge in [0.05, 0.1) is 11.4 Å². The summed E-state index contributed by atoms with van der Waals surface area (Å²) in [6, 6.07) is 75.5. The molecule has 1 aliphatic heterocycles. The van der Waals surface area contributed by atoms with Crippen LogP contribution in [0.1, 0.15) is 12.5 Å². The SMILES string of the molecule is CC1(c2ccc(-c3ccc4c(-c5cccc6ccccc56)c5ccccc5c(-c5cccc6ccccc56)c4c3)cc2)Nc2ccccc2N1c1ccccc1. The molecule has 0 aromatic heterocycles. The van der Waals surface area contributed by atoms with Gasteiger partial charge in [0, 0.05) is 5.69 Å². The maximum absolute atomic E-state index is 3.88. The Morgan fingerprint density at radius 1 is 0.393 bits per heavy atom. The number of rotatable bonds is 5. The molecule has 0 fully saturated rings. The van der Waals surface area contributed by atoms with E-state index in [1.165, 1.54) is 87.7 Å². The number of para-hydroxylation sites is 3. The number of hydrogen-bond donors (Lipinski definition) is 1. The lowest BCUT2D eigenvalue weighted by molar-refractivity contribution is 0.577. The fourth-order valence-corrected chi connectivity index (χ4v) is 9.32. The van der Waals surface area contributed by atoms with E-state index in [0.717, 1.165) is 11.4 Å². The van der Waals surface area contributed by atoms with E-state index in [1.807, 2.05) is 0 Å². The lowest BCUT2D eigenvalue weighted by atomic mass is 9.83. The summed E-state index contributed by atoms with van der Waals surface area (Å²) in [7, 11) is 0. The van der Waals surface area contributed by atoms with E-state index < -0.39 is 5.66 Å². The van der Waals surface area contributed by atoms with Gasteiger partial charge >= 0.3 is 0 Å². The Morgan fingerprint density at radius 3 is 1.55 bits per heavy atom. The molecule has 0 spiro atoms. The highest BCUT2D eigenvalue weighted by molar-refractivity contribution is 6.25. The maximum atomic E-state index is 3.88. The largest absolute Gasteiger partial charge is 0.357 e. The van der Waals surface area contributed by atoms with E-state index in [-0.39, 0.29) is 0 Å². The van der Waals surface area contributed by atoms with Gasteiger partial charge < -0.3 is 10.2 Å². The van der Waals surface area contributed by atoms with Crippen molar-refractivity contribution in [3.8, 4) is 33.4 Å². The van der Waals surface area contributed by atoms with Crippen molar-refractivity contribution < 1.29 is 0 Å². The van der Waals surface area contributed by atoms with Crippen LogP contribution >= 0.6 is 0 Å². The molecule has 1 aliphatic rings. The molecule has 10 aromatic rings. The van der Waals surface area contributed by atoms with Crippen molar-refractivity contribution in [1.29, 1.82) is 0 Å². The molecule has 1 heterocycles. The fourth-order valence-electron chi connectivity index (χ4n) is 9.32. The first kappa shape index (κ1) is 32.3. The molecule has 1 atom stereocenters. The van der Waals surface area contributed by atoms with Crippen molar-refractivity contribution in [2.24, 2.45) is 0 Å². The highest BCUT2D eigenvalue weighted by atomic mass is 15.4. The van der Waals surface area contributed by atoms with E-state index in [0.29, 0.717) is 0 Å². The zero-order valence-corrected chi connectivity index (χ0v) is 31.1. The summed E-state index contributed by atoms with van der Waals surface area (Å²) in [4.78, 5) is 2.42. The average molecular weight is 715 g/mol. The van der Waals surface area contributed by atoms with Crippen LogP contribution in [0, 0.1) is 0 Å². The van der Waals surface area contributed by atoms with Crippen LogP contribution in [0.15, 0.2) is 206 Å². The van der Waals surface area contributed by atoms with Crippen molar-refractivity contribution in [3.05, 3.63) is 212 Å². The van der Waals surface area contributed by atoms with Crippen molar-refractivity contribution in [2.45, 2.75) is 12.6 Å². The Morgan fingerprint density at radius 2 is 0.893 bits per heavy atom. The predicted molar refractivity (Wildman–Crippen MR) is 239 cm³/mol. The molecule has 1 N–H and O–H groups in total. The third-order valence-electron chi connectivity index (χ3n) is 11.9. The number of benzene rings is 10. The summed E-state index contributed by atoms with van der Waals surface area (Å²) >= 11 is 0. The Bertz CT molecular complexity index is 3120. The van der Waals surface area contributed by atoms with Gasteiger partial charge in [0.15, 0.2) is 0 Å². The van der Waals surface area contributed by atoms with Crippen molar-refractivity contribution in [2.75, 3.05) is 10.2 Å². The summed E-state index contributed by atoms with van der Waals surface area (Å²) in [5.41, 5.74) is 11.6. The zero-order valence-electron chi connectivity index (χ0n) is 31.1. The first-order chi connectivity index (χ1) is 27.7. The first-order valence-electron chi connectivity index (χ1n) is 19.4. The van der Waals surface area contributed by atoms with E-state index >= 15 is 0 Å². The summed E-state index contributed by atoms with van der Waals surface area (Å²) in [6.45, 7) is 2.28. The molecule has 0 saturated carbocycles. The number of hydrogen-bond acceptors (Lipinski definition) is 2. The van der Waals surface area contributed by atoms with Gasteiger partial charge in [-0.1, -0.05) is 176 Å². The number of nitrogens with zero attached hydrogens (tertiary/aromatic N) is 1. The molecular formula is C54H38N2. The Labute approximate surface area is 326 Å². The minimum Gasteiger partial charge on any atom is -0.357 e. The van der Waals surface area contributed by atoms with Gasteiger partial charge in [0.1, 0.15) is 5.66 Å². The highest BCUT2D eigenvalue weighted by Crippen LogP contribution is 2.50. The van der Waals surface area contributed by atoms with Crippen molar-refractivity contribution in [1.82, 2.24) is 0 Å². The van der Waals surface area contributed by atoms with E-state index in [9.17, 15) is 0 Å². The monoisotopic (exact) mass is 714 g/mol. The molecule has 264 valence electrons. The van der Waals surface area contributed by atoms with Crippen LogP contribution in [0.5, 0.6) is 0 Å². The first-order valence-corrected chi connectivity index (χ1v) is 19.4. The smallest absolute Gasteiger partial charge is 0.138 e. The van der Waals surface area contributed by atoms with Crippen LogP contribution in [0.3, 0.4) is 0 Å². The van der Waals surface area contributed by atoms with E-state index in [4.69, 9.17) is 0 Å². The molecule has 0 radical (unpaired) electrons. The van der Waals surface area contributed by atoms with Crippen molar-refractivity contribution >= 4 is 60.2 Å². The Hall–Kier alpha value is -7.16. The number of nitrogens with one attached hydrogen (secondary N) is 1. The lowest BCUT2D eigenvalue weighted by Crippen LogP contribution is -2.42. The fraction of sp³-hybridized carbons (Fsp3) is 0.0370. The lowest BCUT2D eigenvalue weighted by Gasteiger charge is -2.37. The van der Waals surface area contributed by atoms with Crippen molar-refractivity contribution in [3.63, 3.8) is 0 Å². The van der Waals surface area contributed by atoms with Crippen LogP contribution in [-0.4, -0.2) is 0 Å². The summed E-state index contributed by atoms with van der Waals surface area (Å²) in [6.07, 6.45) is 0. The molecule has 0 aliphatic carbocycles. The average Bonchev–Trinajstić information content (AvgIpc) is 3.58. The van der Waals surface area contributed by atoms with Gasteiger partial charge in [0.2, 0.25) is 0 Å². The minimum absolute atomic E-state index is 0.471. The number of anilines is 3. The van der Waals surface area contributed by atoms with E-state index in [1.54, 1.807) is 0 Å². The highest BCUT2D eigenvalue weighted by Gasteiger charge is 2.41. The molecule has 0 saturated heterocycles. The van der Waals surface area contributed by atoms with E-state index in [2.05, 4.69) is 223 Å². The normalized spacial score (nSPS) is 15.1. The van der Waals surface area contributed by atoms with Gasteiger partial charge in [-0.05, 0) is 119 Å². The topological polar surface area (TPSA) is 15.3 Å². The van der Waals surface area contributed by atoms with Gasteiger partial charge in [-0.15, -0.1) is 0 Å². The van der Waals surface area contributed by atoms with Crippen LogP contribution in [0.2, 0.25) is 0 Å². The second-order valence-corrected chi connectivity index (χ2v) is 15.1. The number of fused-ring (bicyclic) bond motifs is 5. The molecule has 11 rings (SSSR count). The molecule has 2 nitrogen and oxygen atoms in total. The second-order valence-electron chi connectivity index (χ2n) is 15.1. The molecule has 10 aromatic carbocycles. The molecule has 0 bridgehead atoms. The van der Waals surface area contributed by atoms with Gasteiger partial charge in [-0.25, -0.2) is 0 Å². The van der Waals surface area contributed by atoms with Crippen LogP contribution in [-0.2, 0) is 5.66 Å². The van der Waals surface area contributed by atoms with Crippen LogP contribution in [0.4, 0.5) is 17.1 Å². The van der Waals surface area contributed by atoms with Gasteiger partial charge in [-0.2, -0.15) is 0 Å². The molecule has 0 amide bonds. The Kier molecular flexibility index (Phi) is 7.33. The minimum atomic E-state index is -0.471. The summed E-state index contributed by atoms with van der Waals surface area (Å²) < 4.78 is 0. The molecule has 2 heteroatoms. The molecular weight excluding hydrogens is 677 g/mol. The summed E-state index contributed by atoms with van der Waals surface area (Å²) in [5.74, 6) is 0. The maximum Gasteiger partial charge on any atom is 0.138 e. The van der Waals surface area contributed by atoms with Crippen LogP contribution < -0.4 is 10.2 Å². The zero-order chi connectivity index (χ0) is 37.2.